The van der Waals surface area contributed by atoms with Crippen molar-refractivity contribution in [2.24, 2.45) is 0 Å². The Morgan fingerprint density at radius 2 is 2.12 bits per heavy atom. The third-order valence-corrected chi connectivity index (χ3v) is 3.52. The summed E-state index contributed by atoms with van der Waals surface area (Å²) < 4.78 is 13.6. The second-order valence-electron chi connectivity index (χ2n) is 3.41. The Hall–Kier alpha value is -0.680. The number of rotatable bonds is 4. The summed E-state index contributed by atoms with van der Waals surface area (Å²) in [7, 11) is 0. The van der Waals surface area contributed by atoms with Gasteiger partial charge >= 0.3 is 0 Å². The minimum absolute atomic E-state index is 0.140. The lowest BCUT2D eigenvalue weighted by Crippen LogP contribution is -2.12. The number of aromatic nitrogens is 1. The number of halogens is 3. The molecular formula is C11H9Cl2FN2S. The standard InChI is InChI=1S/C11H9Cl2FN2S/c12-8-3-7(1-2-9(8)14)4-15-6-11-16-5-10(13)17-11/h1-3,5,15H,4,6H2. The molecule has 0 aliphatic rings. The number of hydrogen-bond donors (Lipinski definition) is 1. The SMILES string of the molecule is Fc1ccc(CNCc2ncc(Cl)s2)cc1Cl. The molecule has 90 valence electrons. The smallest absolute Gasteiger partial charge is 0.141 e. The maximum Gasteiger partial charge on any atom is 0.141 e. The van der Waals surface area contributed by atoms with Crippen molar-refractivity contribution in [1.29, 1.82) is 0 Å². The Bertz CT molecular complexity index is 516. The van der Waals surface area contributed by atoms with Gasteiger partial charge in [0.05, 0.1) is 11.2 Å². The fraction of sp³-hybridized carbons (Fsp3) is 0.182. The van der Waals surface area contributed by atoms with Crippen molar-refractivity contribution < 1.29 is 4.39 Å². The van der Waals surface area contributed by atoms with E-state index in [1.54, 1.807) is 18.3 Å². The highest BCUT2D eigenvalue weighted by Crippen LogP contribution is 2.18. The number of nitrogens with zero attached hydrogens (tertiary/aromatic N) is 1. The zero-order chi connectivity index (χ0) is 12.3. The van der Waals surface area contributed by atoms with Crippen molar-refractivity contribution in [3.05, 3.63) is 50.1 Å². The van der Waals surface area contributed by atoms with E-state index in [2.05, 4.69) is 10.3 Å². The van der Waals surface area contributed by atoms with E-state index >= 15 is 0 Å². The van der Waals surface area contributed by atoms with Gasteiger partial charge in [0.25, 0.3) is 0 Å². The molecule has 0 spiro atoms. The average molecular weight is 291 g/mol. The van der Waals surface area contributed by atoms with E-state index in [1.165, 1.54) is 17.4 Å². The average Bonchev–Trinajstić information content (AvgIpc) is 2.70. The number of nitrogens with one attached hydrogen (secondary N) is 1. The summed E-state index contributed by atoms with van der Waals surface area (Å²) in [6.45, 7) is 1.24. The molecule has 0 aliphatic carbocycles. The molecule has 0 radical (unpaired) electrons. The van der Waals surface area contributed by atoms with Crippen LogP contribution in [-0.4, -0.2) is 4.98 Å². The third kappa shape index (κ3) is 3.64. The Balaban J connectivity index is 1.87. The minimum atomic E-state index is -0.401. The van der Waals surface area contributed by atoms with Crippen LogP contribution < -0.4 is 5.32 Å². The molecule has 2 nitrogen and oxygen atoms in total. The highest BCUT2D eigenvalue weighted by molar-refractivity contribution is 7.15. The van der Waals surface area contributed by atoms with Crippen molar-refractivity contribution in [1.82, 2.24) is 10.3 Å². The molecule has 1 N–H and O–H groups in total. The highest BCUT2D eigenvalue weighted by atomic mass is 35.5. The fourth-order valence-corrected chi connectivity index (χ4v) is 2.46. The molecule has 17 heavy (non-hydrogen) atoms. The van der Waals surface area contributed by atoms with Crippen LogP contribution in [0.25, 0.3) is 0 Å². The monoisotopic (exact) mass is 290 g/mol. The molecule has 0 unspecified atom stereocenters. The summed E-state index contributed by atoms with van der Waals surface area (Å²) in [4.78, 5) is 4.12. The molecule has 0 bridgehead atoms. The molecule has 1 heterocycles. The molecule has 0 atom stereocenters. The van der Waals surface area contributed by atoms with E-state index in [-0.39, 0.29) is 5.02 Å². The molecule has 6 heteroatoms. The first-order valence-corrected chi connectivity index (χ1v) is 6.47. The normalized spacial score (nSPS) is 10.8. The van der Waals surface area contributed by atoms with Crippen LogP contribution in [0.3, 0.4) is 0 Å². The number of hydrogen-bond acceptors (Lipinski definition) is 3. The second kappa shape index (κ2) is 5.78. The van der Waals surface area contributed by atoms with Gasteiger partial charge in [-0.1, -0.05) is 29.3 Å². The zero-order valence-corrected chi connectivity index (χ0v) is 11.0. The topological polar surface area (TPSA) is 24.9 Å². The molecule has 0 amide bonds. The maximum absolute atomic E-state index is 12.9. The van der Waals surface area contributed by atoms with Crippen LogP contribution in [0.1, 0.15) is 10.6 Å². The van der Waals surface area contributed by atoms with Gasteiger partial charge in [0.1, 0.15) is 15.2 Å². The molecule has 1 aromatic heterocycles. The Kier molecular flexibility index (Phi) is 4.34. The lowest BCUT2D eigenvalue weighted by atomic mass is 10.2. The van der Waals surface area contributed by atoms with E-state index in [0.29, 0.717) is 17.4 Å². The summed E-state index contributed by atoms with van der Waals surface area (Å²) in [5.74, 6) is -0.401. The summed E-state index contributed by atoms with van der Waals surface area (Å²) in [5, 5.41) is 4.25. The third-order valence-electron chi connectivity index (χ3n) is 2.11. The Labute approximate surface area is 112 Å². The molecule has 0 aliphatic heterocycles. The van der Waals surface area contributed by atoms with E-state index in [4.69, 9.17) is 23.2 Å². The van der Waals surface area contributed by atoms with Crippen LogP contribution in [-0.2, 0) is 13.1 Å². The molecule has 2 aromatic rings. The van der Waals surface area contributed by atoms with Crippen LogP contribution in [0.15, 0.2) is 24.4 Å². The van der Waals surface area contributed by atoms with Crippen LogP contribution in [0.5, 0.6) is 0 Å². The molecule has 0 fully saturated rings. The zero-order valence-electron chi connectivity index (χ0n) is 8.71. The first kappa shape index (κ1) is 12.8. The second-order valence-corrected chi connectivity index (χ2v) is 5.56. The van der Waals surface area contributed by atoms with Crippen LogP contribution in [0, 0.1) is 5.82 Å². The largest absolute Gasteiger partial charge is 0.306 e. The van der Waals surface area contributed by atoms with Crippen LogP contribution in [0.4, 0.5) is 4.39 Å². The lowest BCUT2D eigenvalue weighted by molar-refractivity contribution is 0.625. The summed E-state index contributed by atoms with van der Waals surface area (Å²) in [6, 6.07) is 4.67. The van der Waals surface area contributed by atoms with Crippen molar-refractivity contribution in [3.63, 3.8) is 0 Å². The van der Waals surface area contributed by atoms with E-state index in [1.807, 2.05) is 0 Å². The quantitative estimate of drug-likeness (QED) is 0.924. The van der Waals surface area contributed by atoms with Gasteiger partial charge in [-0.3, -0.25) is 0 Å². The van der Waals surface area contributed by atoms with Crippen molar-refractivity contribution in [3.8, 4) is 0 Å². The lowest BCUT2D eigenvalue weighted by Gasteiger charge is -2.03. The molecular weight excluding hydrogens is 282 g/mol. The van der Waals surface area contributed by atoms with Gasteiger partial charge in [-0.05, 0) is 17.7 Å². The number of benzene rings is 1. The van der Waals surface area contributed by atoms with Crippen molar-refractivity contribution in [2.75, 3.05) is 0 Å². The van der Waals surface area contributed by atoms with Crippen molar-refractivity contribution >= 4 is 34.5 Å². The van der Waals surface area contributed by atoms with Crippen molar-refractivity contribution in [2.45, 2.75) is 13.1 Å². The Morgan fingerprint density at radius 1 is 1.29 bits per heavy atom. The molecule has 1 aromatic carbocycles. The molecule has 0 saturated carbocycles. The maximum atomic E-state index is 12.9. The summed E-state index contributed by atoms with van der Waals surface area (Å²) in [5.41, 5.74) is 0.930. The van der Waals surface area contributed by atoms with Gasteiger partial charge in [0.2, 0.25) is 0 Å². The molecule has 0 saturated heterocycles. The Morgan fingerprint density at radius 3 is 2.76 bits per heavy atom. The summed E-state index contributed by atoms with van der Waals surface area (Å²) in [6.07, 6.45) is 1.62. The first-order valence-electron chi connectivity index (χ1n) is 4.90. The van der Waals surface area contributed by atoms with Crippen LogP contribution in [0.2, 0.25) is 9.36 Å². The van der Waals surface area contributed by atoms with Gasteiger partial charge < -0.3 is 5.32 Å². The van der Waals surface area contributed by atoms with Gasteiger partial charge in [0.15, 0.2) is 0 Å². The van der Waals surface area contributed by atoms with E-state index in [9.17, 15) is 4.39 Å². The van der Waals surface area contributed by atoms with Gasteiger partial charge in [-0.15, -0.1) is 11.3 Å². The van der Waals surface area contributed by atoms with E-state index in [0.717, 1.165) is 10.6 Å². The van der Waals surface area contributed by atoms with Gasteiger partial charge in [-0.2, -0.15) is 0 Å². The first-order chi connectivity index (χ1) is 8.15. The highest BCUT2D eigenvalue weighted by Gasteiger charge is 2.02. The molecule has 2 rings (SSSR count). The minimum Gasteiger partial charge on any atom is -0.306 e. The fourth-order valence-electron chi connectivity index (χ4n) is 1.33. The van der Waals surface area contributed by atoms with Gasteiger partial charge in [0, 0.05) is 13.1 Å². The van der Waals surface area contributed by atoms with Gasteiger partial charge in [-0.25, -0.2) is 9.37 Å². The predicted molar refractivity (Wildman–Crippen MR) is 69.1 cm³/mol. The summed E-state index contributed by atoms with van der Waals surface area (Å²) >= 11 is 12.9. The van der Waals surface area contributed by atoms with E-state index < -0.39 is 5.82 Å². The number of thiazole rings is 1. The predicted octanol–water partition coefficient (Wildman–Crippen LogP) is 3.88. The van der Waals surface area contributed by atoms with Crippen LogP contribution >= 0.6 is 34.5 Å².